The van der Waals surface area contributed by atoms with Gasteiger partial charge in [0.05, 0.1) is 46.2 Å². The molecule has 29 heavy (non-hydrogen) atoms. The van der Waals surface area contributed by atoms with E-state index in [0.29, 0.717) is 52.8 Å². The summed E-state index contributed by atoms with van der Waals surface area (Å²) >= 11 is 0. The van der Waals surface area contributed by atoms with Gasteiger partial charge in [0.25, 0.3) is 0 Å². The molecule has 0 heterocycles. The van der Waals surface area contributed by atoms with Crippen LogP contribution in [0.2, 0.25) is 0 Å². The van der Waals surface area contributed by atoms with Gasteiger partial charge < -0.3 is 28.6 Å². The summed E-state index contributed by atoms with van der Waals surface area (Å²) in [4.78, 5) is 13.3. The van der Waals surface area contributed by atoms with Crippen molar-refractivity contribution in [3.05, 3.63) is 0 Å². The minimum absolute atomic E-state index is 0.342. The molecule has 0 spiro atoms. The Hall–Kier alpha value is -0.890. The van der Waals surface area contributed by atoms with E-state index in [1.165, 1.54) is 37.0 Å². The highest BCUT2D eigenvalue weighted by Crippen LogP contribution is 2.08. The zero-order chi connectivity index (χ0) is 21.8. The van der Waals surface area contributed by atoms with Gasteiger partial charge in [-0.05, 0) is 27.2 Å². The predicted molar refractivity (Wildman–Crippen MR) is 116 cm³/mol. The molecule has 0 fully saturated rings. The first-order chi connectivity index (χ1) is 13.9. The van der Waals surface area contributed by atoms with E-state index < -0.39 is 5.60 Å². The van der Waals surface area contributed by atoms with Crippen LogP contribution >= 0.6 is 0 Å². The van der Waals surface area contributed by atoms with Crippen molar-refractivity contribution in [3.8, 4) is 0 Å². The number of unbranched alkanes of at least 4 members (excludes halogenated alkanes) is 5. The standard InChI is InChI=1S/C22H45NO6/c1-6-7-8-9-10-11-13-25-15-17-27-19-20-28-18-16-26-14-12-23(5)21(24)29-22(2,3)4/h6-20H2,1-5H3. The van der Waals surface area contributed by atoms with Crippen LogP contribution in [0.1, 0.15) is 66.2 Å². The molecule has 0 rings (SSSR count). The lowest BCUT2D eigenvalue weighted by Gasteiger charge is -2.24. The van der Waals surface area contributed by atoms with Gasteiger partial charge in [0, 0.05) is 20.2 Å². The second-order valence-corrected chi connectivity index (χ2v) is 8.12. The molecular formula is C22H45NO6. The molecule has 0 aromatic rings. The Labute approximate surface area is 178 Å². The van der Waals surface area contributed by atoms with Crippen LogP contribution in [0, 0.1) is 0 Å². The summed E-state index contributed by atoms with van der Waals surface area (Å²) in [7, 11) is 1.70. The van der Waals surface area contributed by atoms with Crippen LogP contribution in [0.25, 0.3) is 0 Å². The Kier molecular flexibility index (Phi) is 18.5. The maximum Gasteiger partial charge on any atom is 0.410 e. The predicted octanol–water partition coefficient (Wildman–Crippen LogP) is 4.28. The quantitative estimate of drug-likeness (QED) is 0.291. The molecule has 0 aliphatic heterocycles. The number of carbonyl (C=O) groups excluding carboxylic acids is 1. The number of amides is 1. The maximum atomic E-state index is 11.8. The molecule has 0 aromatic heterocycles. The molecule has 0 aliphatic carbocycles. The van der Waals surface area contributed by atoms with Crippen LogP contribution in [0.15, 0.2) is 0 Å². The van der Waals surface area contributed by atoms with Crippen LogP contribution in [-0.4, -0.2) is 83.0 Å². The number of carbonyl (C=O) groups is 1. The lowest BCUT2D eigenvalue weighted by molar-refractivity contribution is -0.00593. The average Bonchev–Trinajstić information content (AvgIpc) is 2.65. The largest absolute Gasteiger partial charge is 0.444 e. The Morgan fingerprint density at radius 2 is 1.14 bits per heavy atom. The van der Waals surface area contributed by atoms with Gasteiger partial charge in [0.1, 0.15) is 5.60 Å². The van der Waals surface area contributed by atoms with Gasteiger partial charge in [0.15, 0.2) is 0 Å². The molecule has 0 atom stereocenters. The second kappa shape index (κ2) is 19.1. The zero-order valence-corrected chi connectivity index (χ0v) is 19.5. The lowest BCUT2D eigenvalue weighted by Crippen LogP contribution is -2.36. The van der Waals surface area contributed by atoms with Crippen LogP contribution in [0.5, 0.6) is 0 Å². The smallest absolute Gasteiger partial charge is 0.410 e. The maximum absolute atomic E-state index is 11.8. The van der Waals surface area contributed by atoms with Gasteiger partial charge in [0.2, 0.25) is 0 Å². The first-order valence-electron chi connectivity index (χ1n) is 11.1. The Morgan fingerprint density at radius 3 is 1.66 bits per heavy atom. The number of hydrogen-bond donors (Lipinski definition) is 0. The minimum Gasteiger partial charge on any atom is -0.444 e. The van der Waals surface area contributed by atoms with Gasteiger partial charge in [-0.25, -0.2) is 4.79 Å². The first kappa shape index (κ1) is 28.1. The summed E-state index contributed by atoms with van der Waals surface area (Å²) in [5.41, 5.74) is -0.484. The second-order valence-electron chi connectivity index (χ2n) is 8.12. The van der Waals surface area contributed by atoms with E-state index >= 15 is 0 Å². The Balaban J connectivity index is 3.23. The molecular weight excluding hydrogens is 374 g/mol. The molecule has 0 saturated heterocycles. The fraction of sp³-hybridized carbons (Fsp3) is 0.955. The highest BCUT2D eigenvalue weighted by atomic mass is 16.6. The van der Waals surface area contributed by atoms with Gasteiger partial charge >= 0.3 is 6.09 Å². The third-order valence-electron chi connectivity index (χ3n) is 4.03. The summed E-state index contributed by atoms with van der Waals surface area (Å²) in [5.74, 6) is 0. The number of nitrogens with zero attached hydrogens (tertiary/aromatic N) is 1. The van der Waals surface area contributed by atoms with E-state index in [1.807, 2.05) is 20.8 Å². The lowest BCUT2D eigenvalue weighted by atomic mass is 10.1. The average molecular weight is 420 g/mol. The molecule has 0 N–H and O–H groups in total. The van der Waals surface area contributed by atoms with Crippen molar-refractivity contribution in [2.45, 2.75) is 71.8 Å². The molecule has 7 nitrogen and oxygen atoms in total. The highest BCUT2D eigenvalue weighted by molar-refractivity contribution is 5.67. The zero-order valence-electron chi connectivity index (χ0n) is 19.5. The van der Waals surface area contributed by atoms with Crippen LogP contribution in [0.3, 0.4) is 0 Å². The normalized spacial score (nSPS) is 11.6. The summed E-state index contributed by atoms with van der Waals surface area (Å²) in [5, 5.41) is 0. The van der Waals surface area contributed by atoms with Gasteiger partial charge in [-0.15, -0.1) is 0 Å². The van der Waals surface area contributed by atoms with E-state index in [4.69, 9.17) is 23.7 Å². The van der Waals surface area contributed by atoms with Crippen LogP contribution < -0.4 is 0 Å². The van der Waals surface area contributed by atoms with Gasteiger partial charge in [-0.2, -0.15) is 0 Å². The number of likely N-dealkylation sites (N-methyl/N-ethyl adjacent to an activating group) is 1. The van der Waals surface area contributed by atoms with E-state index in [-0.39, 0.29) is 6.09 Å². The number of rotatable bonds is 19. The molecule has 1 amide bonds. The van der Waals surface area contributed by atoms with Gasteiger partial charge in [-0.3, -0.25) is 0 Å². The van der Waals surface area contributed by atoms with Crippen molar-refractivity contribution in [1.29, 1.82) is 0 Å². The van der Waals surface area contributed by atoms with Crippen molar-refractivity contribution >= 4 is 6.09 Å². The Morgan fingerprint density at radius 1 is 0.690 bits per heavy atom. The highest BCUT2D eigenvalue weighted by Gasteiger charge is 2.19. The van der Waals surface area contributed by atoms with E-state index in [9.17, 15) is 4.79 Å². The van der Waals surface area contributed by atoms with Crippen molar-refractivity contribution in [2.24, 2.45) is 0 Å². The SMILES string of the molecule is CCCCCCCCOCCOCCOCCOCCN(C)C(=O)OC(C)(C)C. The van der Waals surface area contributed by atoms with Crippen molar-refractivity contribution in [3.63, 3.8) is 0 Å². The molecule has 0 radical (unpaired) electrons. The third-order valence-corrected chi connectivity index (χ3v) is 4.03. The molecule has 0 saturated carbocycles. The summed E-state index contributed by atoms with van der Waals surface area (Å²) in [6.45, 7) is 12.9. The van der Waals surface area contributed by atoms with Crippen molar-refractivity contribution < 1.29 is 28.5 Å². The first-order valence-corrected chi connectivity index (χ1v) is 11.1. The fourth-order valence-electron chi connectivity index (χ4n) is 2.38. The number of hydrogen-bond acceptors (Lipinski definition) is 6. The van der Waals surface area contributed by atoms with Crippen molar-refractivity contribution in [1.82, 2.24) is 4.90 Å². The Bertz CT molecular complexity index is 373. The minimum atomic E-state index is -0.484. The van der Waals surface area contributed by atoms with Crippen molar-refractivity contribution in [2.75, 3.05) is 66.4 Å². The van der Waals surface area contributed by atoms with E-state index in [1.54, 1.807) is 7.05 Å². The third kappa shape index (κ3) is 21.6. The summed E-state index contributed by atoms with van der Waals surface area (Å²) < 4.78 is 27.2. The van der Waals surface area contributed by atoms with Gasteiger partial charge in [-0.1, -0.05) is 39.0 Å². The molecule has 0 aromatic carbocycles. The van der Waals surface area contributed by atoms with E-state index in [0.717, 1.165) is 13.0 Å². The molecule has 0 aliphatic rings. The van der Waals surface area contributed by atoms with E-state index in [2.05, 4.69) is 6.92 Å². The topological polar surface area (TPSA) is 66.5 Å². The molecule has 7 heteroatoms. The fourth-order valence-corrected chi connectivity index (χ4v) is 2.38. The van der Waals surface area contributed by atoms with Crippen LogP contribution in [0.4, 0.5) is 4.79 Å². The van der Waals surface area contributed by atoms with Crippen LogP contribution in [-0.2, 0) is 23.7 Å². The monoisotopic (exact) mass is 419 g/mol. The number of ether oxygens (including phenoxy) is 5. The molecule has 0 bridgehead atoms. The summed E-state index contributed by atoms with van der Waals surface area (Å²) in [6, 6.07) is 0. The molecule has 0 unspecified atom stereocenters. The molecule has 174 valence electrons. The summed E-state index contributed by atoms with van der Waals surface area (Å²) in [6.07, 6.45) is 7.34.